The number of aromatic nitrogens is 2. The third-order valence-corrected chi connectivity index (χ3v) is 7.50. The van der Waals surface area contributed by atoms with Crippen LogP contribution in [0.25, 0.3) is 0 Å². The molecule has 1 aromatic heterocycles. The first kappa shape index (κ1) is 26.3. The van der Waals surface area contributed by atoms with Crippen molar-refractivity contribution in [3.8, 4) is 6.07 Å². The normalized spacial score (nSPS) is 14.7. The highest BCUT2D eigenvalue weighted by molar-refractivity contribution is 7.89. The van der Waals surface area contributed by atoms with Gasteiger partial charge in [0, 0.05) is 48.8 Å². The molecule has 2 aromatic carbocycles. The Morgan fingerprint density at radius 2 is 1.68 bits per heavy atom. The largest absolute Gasteiger partial charge is 0.369 e. The van der Waals surface area contributed by atoms with Gasteiger partial charge < -0.3 is 20.4 Å². The molecule has 0 radical (unpaired) electrons. The van der Waals surface area contributed by atoms with E-state index in [1.807, 2.05) is 12.1 Å². The molecule has 0 unspecified atom stereocenters. The summed E-state index contributed by atoms with van der Waals surface area (Å²) in [6.07, 6.45) is 1.43. The average Bonchev–Trinajstić information content (AvgIpc) is 2.84. The van der Waals surface area contributed by atoms with Crippen LogP contribution in [0, 0.1) is 11.3 Å². The van der Waals surface area contributed by atoms with E-state index < -0.39 is 15.6 Å². The summed E-state index contributed by atoms with van der Waals surface area (Å²) in [7, 11) is -1.58. The summed E-state index contributed by atoms with van der Waals surface area (Å²) >= 11 is 0. The van der Waals surface area contributed by atoms with E-state index in [1.165, 1.54) is 18.3 Å². The van der Waals surface area contributed by atoms with E-state index in [0.717, 1.165) is 37.6 Å². The van der Waals surface area contributed by atoms with Crippen molar-refractivity contribution >= 4 is 38.9 Å². The predicted molar refractivity (Wildman–Crippen MR) is 146 cm³/mol. The van der Waals surface area contributed by atoms with Crippen LogP contribution in [0.15, 0.2) is 59.6 Å². The second-order valence-corrected chi connectivity index (χ2v) is 11.7. The molecular formula is C26H32N8O2S. The molecule has 1 aliphatic rings. The molecule has 1 saturated heterocycles. The molecule has 37 heavy (non-hydrogen) atoms. The van der Waals surface area contributed by atoms with Crippen molar-refractivity contribution in [2.75, 3.05) is 48.8 Å². The van der Waals surface area contributed by atoms with Gasteiger partial charge in [0.25, 0.3) is 0 Å². The van der Waals surface area contributed by atoms with Crippen LogP contribution in [0.4, 0.5) is 28.8 Å². The third-order valence-electron chi connectivity index (χ3n) is 5.75. The summed E-state index contributed by atoms with van der Waals surface area (Å²) in [6, 6.07) is 16.5. The molecule has 2 heterocycles. The van der Waals surface area contributed by atoms with Crippen LogP contribution >= 0.6 is 0 Å². The molecule has 4 rings (SSSR count). The van der Waals surface area contributed by atoms with E-state index in [4.69, 9.17) is 0 Å². The Morgan fingerprint density at radius 1 is 0.973 bits per heavy atom. The zero-order valence-electron chi connectivity index (χ0n) is 21.5. The van der Waals surface area contributed by atoms with Gasteiger partial charge in [-0.3, -0.25) is 0 Å². The number of nitrogens with zero attached hydrogens (tertiary/aromatic N) is 5. The minimum atomic E-state index is -3.72. The fraction of sp³-hybridized carbons (Fsp3) is 0.346. The Morgan fingerprint density at radius 3 is 2.32 bits per heavy atom. The molecule has 0 amide bonds. The van der Waals surface area contributed by atoms with Gasteiger partial charge in [0.05, 0.1) is 11.1 Å². The van der Waals surface area contributed by atoms with Crippen LogP contribution in [0.3, 0.4) is 0 Å². The van der Waals surface area contributed by atoms with Crippen LogP contribution in [-0.4, -0.2) is 62.1 Å². The monoisotopic (exact) mass is 520 g/mol. The number of benzene rings is 2. The number of nitriles is 1. The van der Waals surface area contributed by atoms with Gasteiger partial charge in [-0.1, -0.05) is 6.07 Å². The summed E-state index contributed by atoms with van der Waals surface area (Å²) < 4.78 is 28.1. The lowest BCUT2D eigenvalue weighted by Gasteiger charge is -2.34. The van der Waals surface area contributed by atoms with Crippen LogP contribution in [-0.2, 0) is 10.0 Å². The van der Waals surface area contributed by atoms with Crippen molar-refractivity contribution in [2.45, 2.75) is 31.2 Å². The smallest absolute Gasteiger partial charge is 0.241 e. The highest BCUT2D eigenvalue weighted by Gasteiger charge is 2.22. The van der Waals surface area contributed by atoms with Crippen molar-refractivity contribution in [1.82, 2.24) is 19.6 Å². The molecule has 0 spiro atoms. The van der Waals surface area contributed by atoms with Crippen molar-refractivity contribution < 1.29 is 8.42 Å². The number of hydrogen-bond donors (Lipinski definition) is 3. The maximum absolute atomic E-state index is 12.7. The van der Waals surface area contributed by atoms with Crippen molar-refractivity contribution in [3.05, 3.63) is 60.3 Å². The predicted octanol–water partition coefficient (Wildman–Crippen LogP) is 3.66. The maximum atomic E-state index is 12.7. The lowest BCUT2D eigenvalue weighted by atomic mass is 10.1. The molecule has 10 nitrogen and oxygen atoms in total. The Balaban J connectivity index is 1.50. The quantitative estimate of drug-likeness (QED) is 0.428. The number of sulfonamides is 1. The molecule has 0 saturated carbocycles. The molecule has 0 bridgehead atoms. The van der Waals surface area contributed by atoms with Crippen LogP contribution in [0.1, 0.15) is 26.3 Å². The Kier molecular flexibility index (Phi) is 7.63. The van der Waals surface area contributed by atoms with E-state index in [1.54, 1.807) is 32.9 Å². The molecule has 0 aliphatic carbocycles. The van der Waals surface area contributed by atoms with Gasteiger partial charge in [0.2, 0.25) is 16.0 Å². The third kappa shape index (κ3) is 6.95. The zero-order valence-corrected chi connectivity index (χ0v) is 22.3. The van der Waals surface area contributed by atoms with Crippen LogP contribution in [0.2, 0.25) is 0 Å². The molecule has 1 aliphatic heterocycles. The van der Waals surface area contributed by atoms with Gasteiger partial charge in [0.15, 0.2) is 5.82 Å². The highest BCUT2D eigenvalue weighted by Crippen LogP contribution is 2.25. The highest BCUT2D eigenvalue weighted by atomic mass is 32.2. The van der Waals surface area contributed by atoms with E-state index in [2.05, 4.69) is 60.4 Å². The Hall–Kier alpha value is -3.72. The fourth-order valence-corrected chi connectivity index (χ4v) is 5.37. The number of likely N-dealkylation sites (N-methyl/N-ethyl adjacent to an activating group) is 1. The Bertz CT molecular complexity index is 1390. The number of piperazine rings is 1. The van der Waals surface area contributed by atoms with Crippen LogP contribution < -0.4 is 20.3 Å². The standard InChI is InChI=1S/C26H32N8O2S/c1-26(2,3)32-37(35,36)23-7-5-6-21(16-23)29-24-19(17-27)18-28-25(31-24)30-20-8-10-22(11-9-20)34-14-12-33(4)13-15-34/h5-11,16,18,32H,12-15H2,1-4H3,(H2,28,29,30,31). The number of nitrogens with one attached hydrogen (secondary N) is 3. The first-order valence-electron chi connectivity index (χ1n) is 12.0. The maximum Gasteiger partial charge on any atom is 0.241 e. The van der Waals surface area contributed by atoms with Crippen molar-refractivity contribution in [2.24, 2.45) is 0 Å². The van der Waals surface area contributed by atoms with Crippen LogP contribution in [0.5, 0.6) is 0 Å². The molecule has 1 fully saturated rings. The van der Waals surface area contributed by atoms with Gasteiger partial charge in [-0.2, -0.15) is 10.2 Å². The number of anilines is 5. The minimum absolute atomic E-state index is 0.110. The number of rotatable bonds is 7. The molecule has 3 aromatic rings. The zero-order chi connectivity index (χ0) is 26.6. The second-order valence-electron chi connectivity index (χ2n) is 10.0. The van der Waals surface area contributed by atoms with Crippen molar-refractivity contribution in [1.29, 1.82) is 5.26 Å². The van der Waals surface area contributed by atoms with E-state index in [0.29, 0.717) is 11.6 Å². The van der Waals surface area contributed by atoms with Gasteiger partial charge >= 0.3 is 0 Å². The first-order valence-corrected chi connectivity index (χ1v) is 13.5. The molecule has 0 atom stereocenters. The Labute approximate surface area is 218 Å². The second kappa shape index (κ2) is 10.7. The summed E-state index contributed by atoms with van der Waals surface area (Å²) in [5.41, 5.74) is 2.07. The van der Waals surface area contributed by atoms with E-state index in [9.17, 15) is 13.7 Å². The SMILES string of the molecule is CN1CCN(c2ccc(Nc3ncc(C#N)c(Nc4cccc(S(=O)(=O)NC(C)(C)C)c4)n3)cc2)CC1. The van der Waals surface area contributed by atoms with Gasteiger partial charge in [-0.05, 0) is 70.3 Å². The molecule has 11 heteroatoms. The molecule has 194 valence electrons. The fourth-order valence-electron chi connectivity index (χ4n) is 3.91. The van der Waals surface area contributed by atoms with Gasteiger partial charge in [0.1, 0.15) is 11.6 Å². The summed E-state index contributed by atoms with van der Waals surface area (Å²) in [5, 5.41) is 15.8. The summed E-state index contributed by atoms with van der Waals surface area (Å²) in [4.78, 5) is 13.5. The molecule has 3 N–H and O–H groups in total. The van der Waals surface area contributed by atoms with Crippen molar-refractivity contribution in [3.63, 3.8) is 0 Å². The lowest BCUT2D eigenvalue weighted by Crippen LogP contribution is -2.44. The average molecular weight is 521 g/mol. The first-order chi connectivity index (χ1) is 17.5. The number of hydrogen-bond acceptors (Lipinski definition) is 9. The van der Waals surface area contributed by atoms with Gasteiger partial charge in [-0.15, -0.1) is 0 Å². The summed E-state index contributed by atoms with van der Waals surface area (Å²) in [6.45, 7) is 9.40. The summed E-state index contributed by atoms with van der Waals surface area (Å²) in [5.74, 6) is 0.583. The van der Waals surface area contributed by atoms with E-state index >= 15 is 0 Å². The minimum Gasteiger partial charge on any atom is -0.369 e. The lowest BCUT2D eigenvalue weighted by molar-refractivity contribution is 0.313. The van der Waals surface area contributed by atoms with Gasteiger partial charge in [-0.25, -0.2) is 18.1 Å². The molecular weight excluding hydrogens is 488 g/mol. The van der Waals surface area contributed by atoms with E-state index in [-0.39, 0.29) is 16.3 Å². The topological polar surface area (TPSA) is 126 Å².